The second-order valence-corrected chi connectivity index (χ2v) is 5.20. The van der Waals surface area contributed by atoms with Crippen molar-refractivity contribution in [1.82, 2.24) is 0 Å². The molecule has 0 fully saturated rings. The van der Waals surface area contributed by atoms with Crippen molar-refractivity contribution >= 4 is 17.6 Å². The Morgan fingerprint density at radius 2 is 1.55 bits per heavy atom. The number of esters is 2. The fourth-order valence-electron chi connectivity index (χ4n) is 1.95. The average molecular weight is 307 g/mol. The van der Waals surface area contributed by atoms with Gasteiger partial charge in [0.2, 0.25) is 0 Å². The molecular formula is C17H25NO4. The van der Waals surface area contributed by atoms with Gasteiger partial charge in [-0.15, -0.1) is 0 Å². The monoisotopic (exact) mass is 307 g/mol. The maximum atomic E-state index is 12.1. The molecule has 0 radical (unpaired) electrons. The van der Waals surface area contributed by atoms with Gasteiger partial charge in [-0.3, -0.25) is 0 Å². The summed E-state index contributed by atoms with van der Waals surface area (Å²) in [4.78, 5) is 24.2. The number of nitrogens with two attached hydrogens (primary N) is 1. The van der Waals surface area contributed by atoms with E-state index in [1.54, 1.807) is 19.1 Å². The lowest BCUT2D eigenvalue weighted by Crippen LogP contribution is -2.16. The van der Waals surface area contributed by atoms with E-state index in [2.05, 4.69) is 0 Å². The number of hydrogen-bond acceptors (Lipinski definition) is 5. The molecule has 1 rings (SSSR count). The third-order valence-electron chi connectivity index (χ3n) is 3.34. The van der Waals surface area contributed by atoms with E-state index < -0.39 is 11.9 Å². The summed E-state index contributed by atoms with van der Waals surface area (Å²) in [6.45, 7) is 6.48. The summed E-state index contributed by atoms with van der Waals surface area (Å²) in [5, 5.41) is 0. The number of unbranched alkanes of at least 4 members (excludes halogenated alkanes) is 2. The molecule has 5 heteroatoms. The van der Waals surface area contributed by atoms with Gasteiger partial charge in [0, 0.05) is 0 Å². The van der Waals surface area contributed by atoms with Crippen molar-refractivity contribution in [2.45, 2.75) is 46.5 Å². The highest BCUT2D eigenvalue weighted by Crippen LogP contribution is 2.23. The molecule has 0 heterocycles. The van der Waals surface area contributed by atoms with Crippen molar-refractivity contribution < 1.29 is 19.1 Å². The van der Waals surface area contributed by atoms with Gasteiger partial charge >= 0.3 is 11.9 Å². The lowest BCUT2D eigenvalue weighted by atomic mass is 10.0. The predicted octanol–water partition coefficient (Wildman–Crippen LogP) is 3.49. The van der Waals surface area contributed by atoms with E-state index in [0.717, 1.165) is 25.7 Å². The standard InChI is InChI=1S/C17H25NO4/c1-4-6-10-21-16(19)13-9-8-12(3)14(15(13)18)17(20)22-11-7-5-2/h8-9H,4-7,10-11,18H2,1-3H3. The summed E-state index contributed by atoms with van der Waals surface area (Å²) >= 11 is 0. The van der Waals surface area contributed by atoms with Crippen LogP contribution in [0, 0.1) is 6.92 Å². The molecule has 0 saturated heterocycles. The van der Waals surface area contributed by atoms with Crippen LogP contribution in [0.15, 0.2) is 12.1 Å². The van der Waals surface area contributed by atoms with Crippen molar-refractivity contribution in [2.24, 2.45) is 0 Å². The zero-order chi connectivity index (χ0) is 16.5. The highest BCUT2D eigenvalue weighted by atomic mass is 16.5. The van der Waals surface area contributed by atoms with Crippen LogP contribution in [0.1, 0.15) is 65.8 Å². The first-order valence-corrected chi connectivity index (χ1v) is 7.76. The SMILES string of the molecule is CCCCOC(=O)c1ccc(C)c(C(=O)OCCCC)c1N. The van der Waals surface area contributed by atoms with Crippen LogP contribution in [0.25, 0.3) is 0 Å². The molecule has 22 heavy (non-hydrogen) atoms. The number of benzene rings is 1. The average Bonchev–Trinajstić information content (AvgIpc) is 2.47. The minimum Gasteiger partial charge on any atom is -0.462 e. The molecule has 0 atom stereocenters. The fraction of sp³-hybridized carbons (Fsp3) is 0.529. The topological polar surface area (TPSA) is 78.6 Å². The van der Waals surface area contributed by atoms with Gasteiger partial charge in [-0.1, -0.05) is 32.8 Å². The van der Waals surface area contributed by atoms with Crippen LogP contribution in [0.5, 0.6) is 0 Å². The Labute approximate surface area is 131 Å². The Morgan fingerprint density at radius 1 is 1.00 bits per heavy atom. The maximum Gasteiger partial charge on any atom is 0.340 e. The van der Waals surface area contributed by atoms with E-state index in [4.69, 9.17) is 15.2 Å². The molecule has 1 aromatic rings. The number of ether oxygens (including phenoxy) is 2. The first kappa shape index (κ1) is 18.0. The molecule has 5 nitrogen and oxygen atoms in total. The molecule has 0 bridgehead atoms. The summed E-state index contributed by atoms with van der Waals surface area (Å²) in [6, 6.07) is 3.27. The minimum absolute atomic E-state index is 0.128. The number of hydrogen-bond donors (Lipinski definition) is 1. The Balaban J connectivity index is 2.92. The second-order valence-electron chi connectivity index (χ2n) is 5.20. The second kappa shape index (κ2) is 9.07. The van der Waals surface area contributed by atoms with E-state index in [0.29, 0.717) is 18.8 Å². The predicted molar refractivity (Wildman–Crippen MR) is 86.0 cm³/mol. The van der Waals surface area contributed by atoms with Gasteiger partial charge in [-0.05, 0) is 31.4 Å². The van der Waals surface area contributed by atoms with Gasteiger partial charge in [0.1, 0.15) is 0 Å². The van der Waals surface area contributed by atoms with E-state index in [1.807, 2.05) is 13.8 Å². The Bertz CT molecular complexity index is 526. The quantitative estimate of drug-likeness (QED) is 0.452. The largest absolute Gasteiger partial charge is 0.462 e. The number of aryl methyl sites for hydroxylation is 1. The van der Waals surface area contributed by atoms with Crippen molar-refractivity contribution in [3.63, 3.8) is 0 Å². The zero-order valence-corrected chi connectivity index (χ0v) is 13.6. The summed E-state index contributed by atoms with van der Waals surface area (Å²) in [7, 11) is 0. The number of rotatable bonds is 8. The fourth-order valence-corrected chi connectivity index (χ4v) is 1.95. The van der Waals surface area contributed by atoms with Crippen LogP contribution >= 0.6 is 0 Å². The van der Waals surface area contributed by atoms with Gasteiger partial charge < -0.3 is 15.2 Å². The Kier molecular flexibility index (Phi) is 7.43. The van der Waals surface area contributed by atoms with Crippen molar-refractivity contribution in [3.05, 3.63) is 28.8 Å². The number of carbonyl (C=O) groups is 2. The molecule has 0 saturated carbocycles. The van der Waals surface area contributed by atoms with Crippen LogP contribution in [-0.4, -0.2) is 25.2 Å². The highest BCUT2D eigenvalue weighted by Gasteiger charge is 2.21. The maximum absolute atomic E-state index is 12.1. The molecular weight excluding hydrogens is 282 g/mol. The molecule has 0 aromatic heterocycles. The van der Waals surface area contributed by atoms with Gasteiger partial charge in [-0.2, -0.15) is 0 Å². The molecule has 0 aliphatic rings. The first-order chi connectivity index (χ1) is 10.5. The zero-order valence-electron chi connectivity index (χ0n) is 13.6. The van der Waals surface area contributed by atoms with Crippen molar-refractivity contribution in [2.75, 3.05) is 18.9 Å². The Morgan fingerprint density at radius 3 is 2.09 bits per heavy atom. The van der Waals surface area contributed by atoms with Crippen molar-refractivity contribution in [1.29, 1.82) is 0 Å². The van der Waals surface area contributed by atoms with E-state index >= 15 is 0 Å². The van der Waals surface area contributed by atoms with Crippen LogP contribution in [0.3, 0.4) is 0 Å². The van der Waals surface area contributed by atoms with Gasteiger partial charge in [0.25, 0.3) is 0 Å². The molecule has 0 aliphatic carbocycles. The van der Waals surface area contributed by atoms with E-state index in [-0.39, 0.29) is 16.8 Å². The normalized spacial score (nSPS) is 10.3. The molecule has 0 unspecified atom stereocenters. The highest BCUT2D eigenvalue weighted by molar-refractivity contribution is 6.04. The van der Waals surface area contributed by atoms with Gasteiger partial charge in [-0.25, -0.2) is 9.59 Å². The van der Waals surface area contributed by atoms with Crippen LogP contribution in [0.2, 0.25) is 0 Å². The van der Waals surface area contributed by atoms with E-state index in [1.165, 1.54) is 0 Å². The molecule has 0 amide bonds. The number of anilines is 1. The van der Waals surface area contributed by atoms with Gasteiger partial charge in [0.15, 0.2) is 0 Å². The molecule has 0 aliphatic heterocycles. The Hall–Kier alpha value is -2.04. The first-order valence-electron chi connectivity index (χ1n) is 7.76. The molecule has 1 aromatic carbocycles. The van der Waals surface area contributed by atoms with Crippen LogP contribution in [-0.2, 0) is 9.47 Å². The molecule has 0 spiro atoms. The minimum atomic E-state index is -0.506. The van der Waals surface area contributed by atoms with Crippen LogP contribution < -0.4 is 5.73 Å². The van der Waals surface area contributed by atoms with Crippen molar-refractivity contribution in [3.8, 4) is 0 Å². The summed E-state index contributed by atoms with van der Waals surface area (Å²) in [5.74, 6) is -1.000. The number of nitrogen functional groups attached to an aromatic ring is 1. The third-order valence-corrected chi connectivity index (χ3v) is 3.34. The van der Waals surface area contributed by atoms with Gasteiger partial charge in [0.05, 0.1) is 30.0 Å². The number of carbonyl (C=O) groups excluding carboxylic acids is 2. The van der Waals surface area contributed by atoms with E-state index in [9.17, 15) is 9.59 Å². The molecule has 2 N–H and O–H groups in total. The summed E-state index contributed by atoms with van der Waals surface area (Å²) in [5.41, 5.74) is 7.27. The third kappa shape index (κ3) is 4.76. The molecule has 122 valence electrons. The smallest absolute Gasteiger partial charge is 0.340 e. The van der Waals surface area contributed by atoms with Crippen LogP contribution in [0.4, 0.5) is 5.69 Å². The summed E-state index contributed by atoms with van der Waals surface area (Å²) in [6.07, 6.45) is 3.46. The summed E-state index contributed by atoms with van der Waals surface area (Å²) < 4.78 is 10.3. The lowest BCUT2D eigenvalue weighted by molar-refractivity contribution is 0.0500. The lowest BCUT2D eigenvalue weighted by Gasteiger charge is -2.13.